The Hall–Kier alpha value is -5.68. The fraction of sp³-hybridized carbons (Fsp3) is 0.644. The van der Waals surface area contributed by atoms with E-state index in [2.05, 4.69) is 5.32 Å². The van der Waals surface area contributed by atoms with Crippen molar-refractivity contribution < 1.29 is 69.3 Å². The summed E-state index contributed by atoms with van der Waals surface area (Å²) < 4.78 is 0. The second-order valence-electron chi connectivity index (χ2n) is 19.5. The lowest BCUT2D eigenvalue weighted by Gasteiger charge is -2.48. The number of aliphatic carboxylic acids is 7. The van der Waals surface area contributed by atoms with Crippen LogP contribution in [0.2, 0.25) is 0 Å². The number of hydrogen-bond acceptors (Lipinski definition) is 11. The van der Waals surface area contributed by atoms with Crippen molar-refractivity contribution >= 4 is 58.9 Å². The average molecular weight is 881 g/mol. The fourth-order valence-corrected chi connectivity index (χ4v) is 11.8. The van der Waals surface area contributed by atoms with Gasteiger partial charge >= 0.3 is 41.8 Å². The molecule has 1 saturated heterocycles. The topological polar surface area (TPSA) is 310 Å². The molecule has 0 spiro atoms. The molecule has 5 aliphatic rings. The highest BCUT2D eigenvalue weighted by molar-refractivity contribution is 6.10. The molecule has 5 rings (SSSR count). The molecule has 8 N–H and O–H groups in total. The number of carboxylic acid groups (broad SMARTS) is 7. The highest BCUT2D eigenvalue weighted by atomic mass is 16.4. The van der Waals surface area contributed by atoms with E-state index in [1.807, 2.05) is 13.8 Å². The molecular weight excluding hydrogens is 821 g/mol. The molecular formula is C45H60N4O14. The van der Waals surface area contributed by atoms with Gasteiger partial charge in [-0.1, -0.05) is 34.6 Å². The van der Waals surface area contributed by atoms with Gasteiger partial charge in [0.1, 0.15) is 0 Å². The zero-order valence-electron chi connectivity index (χ0n) is 37.1. The van der Waals surface area contributed by atoms with Crippen LogP contribution in [-0.2, 0) is 33.6 Å². The van der Waals surface area contributed by atoms with Crippen molar-refractivity contribution in [3.8, 4) is 0 Å². The molecule has 5 aliphatic heterocycles. The molecule has 1 fully saturated rings. The van der Waals surface area contributed by atoms with E-state index in [9.17, 15) is 69.3 Å². The minimum Gasteiger partial charge on any atom is -0.481 e. The van der Waals surface area contributed by atoms with E-state index in [4.69, 9.17) is 15.0 Å². The fourth-order valence-electron chi connectivity index (χ4n) is 11.8. The molecule has 0 aromatic carbocycles. The Morgan fingerprint density at radius 2 is 1.16 bits per heavy atom. The molecule has 0 unspecified atom stereocenters. The number of allylic oxidation sites excluding steroid dienone is 6. The number of rotatable bonds is 18. The molecule has 8 bridgehead atoms. The molecule has 18 heteroatoms. The average Bonchev–Trinajstić information content (AvgIpc) is 3.75. The van der Waals surface area contributed by atoms with Gasteiger partial charge in [0.25, 0.3) is 0 Å². The molecule has 0 aromatic heterocycles. The van der Waals surface area contributed by atoms with Crippen molar-refractivity contribution in [3.05, 3.63) is 34.3 Å². The lowest BCUT2D eigenvalue weighted by atomic mass is 9.55. The maximum absolute atomic E-state index is 13.1. The number of fused-ring (bicyclic) bond motifs is 6. The first-order valence-electron chi connectivity index (χ1n) is 21.3. The summed E-state index contributed by atoms with van der Waals surface area (Å²) >= 11 is 0. The first kappa shape index (κ1) is 48.4. The minimum atomic E-state index is -1.63. The maximum Gasteiger partial charge on any atom is 0.304 e. The van der Waals surface area contributed by atoms with Crippen LogP contribution in [0.15, 0.2) is 49.3 Å². The summed E-state index contributed by atoms with van der Waals surface area (Å²) in [5.41, 5.74) is -3.60. The van der Waals surface area contributed by atoms with Crippen LogP contribution in [0.3, 0.4) is 0 Å². The van der Waals surface area contributed by atoms with Crippen LogP contribution >= 0.6 is 0 Å². The van der Waals surface area contributed by atoms with Crippen molar-refractivity contribution in [3.63, 3.8) is 0 Å². The summed E-state index contributed by atoms with van der Waals surface area (Å²) in [4.78, 5) is 104. The third kappa shape index (κ3) is 8.56. The summed E-state index contributed by atoms with van der Waals surface area (Å²) in [5, 5.41) is 75.1. The van der Waals surface area contributed by atoms with Gasteiger partial charge in [-0.2, -0.15) is 0 Å². The van der Waals surface area contributed by atoms with E-state index in [0.29, 0.717) is 39.7 Å². The minimum absolute atomic E-state index is 0.0202. The Balaban J connectivity index is 2.03. The Kier molecular flexibility index (Phi) is 13.1. The predicted molar refractivity (Wildman–Crippen MR) is 227 cm³/mol. The van der Waals surface area contributed by atoms with Crippen molar-refractivity contribution in [1.82, 2.24) is 5.32 Å². The predicted octanol–water partition coefficient (Wildman–Crippen LogP) is 5.92. The van der Waals surface area contributed by atoms with Crippen molar-refractivity contribution in [2.24, 2.45) is 60.3 Å². The smallest absolute Gasteiger partial charge is 0.304 e. The molecule has 5 heterocycles. The van der Waals surface area contributed by atoms with Gasteiger partial charge in [-0.25, -0.2) is 0 Å². The Morgan fingerprint density at radius 3 is 1.67 bits per heavy atom. The van der Waals surface area contributed by atoms with Crippen LogP contribution in [-0.4, -0.2) is 106 Å². The molecule has 9 atom stereocenters. The lowest BCUT2D eigenvalue weighted by molar-refractivity contribution is -0.143. The molecule has 0 aromatic rings. The molecule has 344 valence electrons. The third-order valence-corrected chi connectivity index (χ3v) is 15.3. The first-order valence-corrected chi connectivity index (χ1v) is 21.3. The van der Waals surface area contributed by atoms with Gasteiger partial charge in [-0.05, 0) is 63.7 Å². The van der Waals surface area contributed by atoms with E-state index in [1.54, 1.807) is 47.6 Å². The molecule has 0 radical (unpaired) electrons. The second-order valence-corrected chi connectivity index (χ2v) is 19.5. The summed E-state index contributed by atoms with van der Waals surface area (Å²) in [6.45, 7) is 13.9. The molecule has 63 heavy (non-hydrogen) atoms. The van der Waals surface area contributed by atoms with Gasteiger partial charge < -0.3 is 41.1 Å². The zero-order chi connectivity index (χ0) is 47.4. The van der Waals surface area contributed by atoms with Crippen molar-refractivity contribution in [1.29, 1.82) is 0 Å². The number of carboxylic acids is 7. The van der Waals surface area contributed by atoms with Gasteiger partial charge in [0.2, 0.25) is 0 Å². The Morgan fingerprint density at radius 1 is 0.635 bits per heavy atom. The number of nitrogens with one attached hydrogen (secondary N) is 1. The molecule has 0 amide bonds. The van der Waals surface area contributed by atoms with Crippen molar-refractivity contribution in [2.75, 3.05) is 0 Å². The van der Waals surface area contributed by atoms with Crippen LogP contribution in [0.5, 0.6) is 0 Å². The van der Waals surface area contributed by atoms with E-state index in [1.165, 1.54) is 0 Å². The summed E-state index contributed by atoms with van der Waals surface area (Å²) in [7, 11) is 0. The summed E-state index contributed by atoms with van der Waals surface area (Å²) in [6.07, 6.45) is -1.45. The van der Waals surface area contributed by atoms with Gasteiger partial charge in [-0.15, -0.1) is 0 Å². The van der Waals surface area contributed by atoms with Gasteiger partial charge in [0.05, 0.1) is 30.8 Å². The SMILES string of the molecule is C/C1=C2N=C(/C=C3\N/C(=C(/C)C4=N[C@](C)([C@H]5N=C1[C@@](C)(CCC(=O)O)[C@@H]5CC(=O)O)[C@](C)(CC(=O)O)[C@H]4CCC(=O)O)[C@](C)(CC(=O)O)[C@H]3CCC(=O)O)C(C)(C)[C@H]/2CCC(=O)O. The van der Waals surface area contributed by atoms with Gasteiger partial charge in [0.15, 0.2) is 0 Å². The van der Waals surface area contributed by atoms with E-state index in [-0.39, 0.29) is 44.2 Å². The Bertz CT molecular complexity index is 2220. The second kappa shape index (κ2) is 17.1. The van der Waals surface area contributed by atoms with Crippen LogP contribution < -0.4 is 5.32 Å². The van der Waals surface area contributed by atoms with Gasteiger partial charge in [0, 0.05) is 105 Å². The van der Waals surface area contributed by atoms with E-state index in [0.717, 1.165) is 0 Å². The number of carbonyl (C=O) groups is 7. The lowest BCUT2D eigenvalue weighted by Crippen LogP contribution is -2.55. The third-order valence-electron chi connectivity index (χ3n) is 15.3. The Labute approximate surface area is 365 Å². The number of aliphatic imine (C=N–C) groups is 3. The molecule has 0 saturated carbocycles. The highest BCUT2D eigenvalue weighted by Gasteiger charge is 2.66. The van der Waals surface area contributed by atoms with Gasteiger partial charge in [-0.3, -0.25) is 48.5 Å². The first-order chi connectivity index (χ1) is 29.0. The quantitative estimate of drug-likeness (QED) is 0.0792. The standard InChI is InChI=1S/C45H60N4O14/c1-21-36-24(10-13-30(52)53)41(3,4)28(47-36)18-27-23(9-12-29(50)51)43(6,19-34(60)61)39(46-27)22(2)37-25(11-14-31(54)55)44(7,20-35(62)63)45(8,49-37)40-26(17-33(58)59)42(5,38(21)48-40)16-15-32(56)57/h18,23-26,40,46H,9-17,19-20H2,1-8H3,(H,50,51)(H,52,53)(H,54,55)(H,56,57)(H,58,59)(H,60,61)(H,62,63)/b27-18-,36-21-,39-22-/t23-,24-,25-,26+,40-,42-,43+,44+,45+/m0/s1. The summed E-state index contributed by atoms with van der Waals surface area (Å²) in [5.74, 6) is -11.5. The van der Waals surface area contributed by atoms with Crippen LogP contribution in [0, 0.1) is 45.3 Å². The van der Waals surface area contributed by atoms with Crippen LogP contribution in [0.4, 0.5) is 0 Å². The zero-order valence-corrected chi connectivity index (χ0v) is 37.1. The number of nitrogens with zero attached hydrogens (tertiary/aromatic N) is 3. The van der Waals surface area contributed by atoms with Crippen LogP contribution in [0.1, 0.15) is 126 Å². The van der Waals surface area contributed by atoms with E-state index < -0.39 is 131 Å². The van der Waals surface area contributed by atoms with E-state index >= 15 is 0 Å². The highest BCUT2D eigenvalue weighted by Crippen LogP contribution is 2.62. The molecule has 0 aliphatic carbocycles. The monoisotopic (exact) mass is 880 g/mol. The number of hydrogen-bond donors (Lipinski definition) is 8. The van der Waals surface area contributed by atoms with Crippen molar-refractivity contribution in [2.45, 2.75) is 138 Å². The normalized spacial score (nSPS) is 36.2. The van der Waals surface area contributed by atoms with Crippen LogP contribution in [0.25, 0.3) is 0 Å². The largest absolute Gasteiger partial charge is 0.481 e. The maximum atomic E-state index is 13.1. The summed E-state index contributed by atoms with van der Waals surface area (Å²) in [6, 6.07) is -1.15. The molecule has 18 nitrogen and oxygen atoms in total.